The van der Waals surface area contributed by atoms with Crippen LogP contribution in [0.15, 0.2) is 60.9 Å². The molecular formula is C32H38N4O2. The van der Waals surface area contributed by atoms with Crippen LogP contribution >= 0.6 is 0 Å². The van der Waals surface area contributed by atoms with Crippen LogP contribution in [-0.4, -0.2) is 60.2 Å². The number of fused-ring (bicyclic) bond motifs is 1. The number of nitrogens with zero attached hydrogens (tertiary/aromatic N) is 2. The summed E-state index contributed by atoms with van der Waals surface area (Å²) in [5, 5.41) is 4.79. The van der Waals surface area contributed by atoms with E-state index in [0.29, 0.717) is 26.3 Å². The molecule has 0 atom stereocenters. The van der Waals surface area contributed by atoms with E-state index in [1.807, 2.05) is 23.4 Å². The lowest BCUT2D eigenvalue weighted by molar-refractivity contribution is 0.0303. The number of aromatic amines is 1. The summed E-state index contributed by atoms with van der Waals surface area (Å²) >= 11 is 0. The Morgan fingerprint density at radius 2 is 1.71 bits per heavy atom. The lowest BCUT2D eigenvalue weighted by atomic mass is 9.98. The van der Waals surface area contributed by atoms with Crippen LogP contribution in [-0.2, 0) is 17.6 Å². The van der Waals surface area contributed by atoms with Crippen LogP contribution in [0.3, 0.4) is 0 Å². The van der Waals surface area contributed by atoms with Gasteiger partial charge in [0.2, 0.25) is 0 Å². The van der Waals surface area contributed by atoms with Crippen LogP contribution in [0.5, 0.6) is 0 Å². The van der Waals surface area contributed by atoms with Gasteiger partial charge in [-0.2, -0.15) is 0 Å². The molecular weight excluding hydrogens is 472 g/mol. The number of benzene rings is 2. The summed E-state index contributed by atoms with van der Waals surface area (Å²) in [5.41, 5.74) is 9.29. The van der Waals surface area contributed by atoms with Gasteiger partial charge >= 0.3 is 0 Å². The second kappa shape index (κ2) is 12.4. The predicted molar refractivity (Wildman–Crippen MR) is 154 cm³/mol. The molecule has 2 aromatic carbocycles. The Kier molecular flexibility index (Phi) is 8.51. The van der Waals surface area contributed by atoms with Crippen LogP contribution in [0.1, 0.15) is 45.5 Å². The number of carbonyl (C=O) groups excluding carboxylic acids is 1. The fourth-order valence-corrected chi connectivity index (χ4v) is 5.42. The van der Waals surface area contributed by atoms with Gasteiger partial charge in [-0.15, -0.1) is 0 Å². The smallest absolute Gasteiger partial charge is 0.254 e. The van der Waals surface area contributed by atoms with E-state index in [4.69, 9.17) is 4.74 Å². The summed E-state index contributed by atoms with van der Waals surface area (Å²) in [6.07, 6.45) is 8.00. The Balaban J connectivity index is 1.32. The molecule has 0 bridgehead atoms. The first-order valence-electron chi connectivity index (χ1n) is 13.8. The van der Waals surface area contributed by atoms with Gasteiger partial charge in [-0.3, -0.25) is 9.78 Å². The maximum Gasteiger partial charge on any atom is 0.254 e. The van der Waals surface area contributed by atoms with E-state index in [9.17, 15) is 4.79 Å². The predicted octanol–water partition coefficient (Wildman–Crippen LogP) is 5.47. The van der Waals surface area contributed by atoms with E-state index in [1.165, 1.54) is 27.8 Å². The highest BCUT2D eigenvalue weighted by Crippen LogP contribution is 2.33. The topological polar surface area (TPSA) is 70.2 Å². The highest BCUT2D eigenvalue weighted by Gasteiger charge is 2.21. The summed E-state index contributed by atoms with van der Waals surface area (Å²) in [4.78, 5) is 22.9. The van der Waals surface area contributed by atoms with Gasteiger partial charge in [0.25, 0.3) is 5.91 Å². The van der Waals surface area contributed by atoms with Crippen molar-refractivity contribution >= 4 is 16.8 Å². The molecule has 1 fully saturated rings. The van der Waals surface area contributed by atoms with E-state index >= 15 is 0 Å². The van der Waals surface area contributed by atoms with Gasteiger partial charge in [0.15, 0.2) is 0 Å². The molecule has 0 radical (unpaired) electrons. The lowest BCUT2D eigenvalue weighted by Crippen LogP contribution is -2.40. The normalized spacial score (nSPS) is 13.8. The fraction of sp³-hybridized carbons (Fsp3) is 0.375. The number of hydrogen-bond acceptors (Lipinski definition) is 4. The summed E-state index contributed by atoms with van der Waals surface area (Å²) < 4.78 is 5.44. The van der Waals surface area contributed by atoms with Crippen molar-refractivity contribution in [1.82, 2.24) is 20.2 Å². The highest BCUT2D eigenvalue weighted by atomic mass is 16.5. The zero-order valence-corrected chi connectivity index (χ0v) is 22.6. The van der Waals surface area contributed by atoms with Crippen molar-refractivity contribution in [3.05, 3.63) is 88.7 Å². The van der Waals surface area contributed by atoms with Gasteiger partial charge in [-0.05, 0) is 112 Å². The minimum atomic E-state index is 0.0858. The van der Waals surface area contributed by atoms with Crippen molar-refractivity contribution in [2.24, 2.45) is 0 Å². The zero-order valence-electron chi connectivity index (χ0n) is 22.6. The fourth-order valence-electron chi connectivity index (χ4n) is 5.42. The van der Waals surface area contributed by atoms with E-state index in [0.717, 1.165) is 60.9 Å². The molecule has 1 aliphatic heterocycles. The van der Waals surface area contributed by atoms with Crippen LogP contribution in [0, 0.1) is 13.8 Å². The number of aryl methyl sites for hydroxylation is 3. The van der Waals surface area contributed by atoms with Gasteiger partial charge in [0.05, 0.1) is 13.2 Å². The minimum Gasteiger partial charge on any atom is -0.378 e. The van der Waals surface area contributed by atoms with Crippen LogP contribution in [0.4, 0.5) is 0 Å². The van der Waals surface area contributed by atoms with Crippen LogP contribution < -0.4 is 5.32 Å². The van der Waals surface area contributed by atoms with Crippen molar-refractivity contribution in [2.45, 2.75) is 39.5 Å². The zero-order chi connectivity index (χ0) is 26.3. The molecule has 0 unspecified atom stereocenters. The third-order valence-electron chi connectivity index (χ3n) is 7.33. The Labute approximate surface area is 225 Å². The molecule has 6 nitrogen and oxygen atoms in total. The molecule has 198 valence electrons. The minimum absolute atomic E-state index is 0.0858. The van der Waals surface area contributed by atoms with Crippen LogP contribution in [0.25, 0.3) is 22.2 Å². The van der Waals surface area contributed by atoms with Crippen molar-refractivity contribution in [2.75, 3.05) is 39.4 Å². The number of nitrogens with one attached hydrogen (secondary N) is 2. The van der Waals surface area contributed by atoms with Gasteiger partial charge < -0.3 is 19.9 Å². The van der Waals surface area contributed by atoms with Crippen LogP contribution in [0.2, 0.25) is 0 Å². The van der Waals surface area contributed by atoms with Gasteiger partial charge in [0, 0.05) is 47.6 Å². The Morgan fingerprint density at radius 1 is 0.947 bits per heavy atom. The molecule has 0 spiro atoms. The van der Waals surface area contributed by atoms with E-state index < -0.39 is 0 Å². The van der Waals surface area contributed by atoms with Crippen molar-refractivity contribution in [3.63, 3.8) is 0 Å². The lowest BCUT2D eigenvalue weighted by Gasteiger charge is -2.26. The third-order valence-corrected chi connectivity index (χ3v) is 7.33. The summed E-state index contributed by atoms with van der Waals surface area (Å²) in [5.74, 6) is 0.0858. The molecule has 5 rings (SSSR count). The van der Waals surface area contributed by atoms with E-state index in [2.05, 4.69) is 71.6 Å². The quantitative estimate of drug-likeness (QED) is 0.278. The third kappa shape index (κ3) is 6.32. The maximum atomic E-state index is 13.2. The molecule has 1 saturated heterocycles. The first-order valence-corrected chi connectivity index (χ1v) is 13.8. The number of amides is 1. The summed E-state index contributed by atoms with van der Waals surface area (Å²) in [7, 11) is 0. The molecule has 1 aliphatic rings. The number of aromatic nitrogens is 2. The SMILES string of the molecule is Cc1cc(C)cc(-c2[nH]c3ccc(C(=O)N4CCOCC4)cc3c2CCNCCCCc2ccncc2)c1. The second-order valence-electron chi connectivity index (χ2n) is 10.3. The molecule has 1 amide bonds. The Morgan fingerprint density at radius 3 is 2.47 bits per heavy atom. The number of morpholine rings is 1. The number of pyridine rings is 1. The standard InChI is InChI=1S/C32H38N4O2/c1-23-19-24(2)21-27(20-23)31-28(10-14-33-11-4-3-5-25-8-12-34-13-9-25)29-22-26(6-7-30(29)35-31)32(37)36-15-17-38-18-16-36/h6-9,12-13,19-22,33,35H,3-5,10-11,14-18H2,1-2H3. The Bertz CT molecular complexity index is 1350. The number of unbranched alkanes of at least 4 members (excludes halogenated alkanes) is 1. The van der Waals surface area contributed by atoms with Gasteiger partial charge in [-0.1, -0.05) is 17.2 Å². The van der Waals surface area contributed by atoms with Crippen molar-refractivity contribution in [1.29, 1.82) is 0 Å². The van der Waals surface area contributed by atoms with Gasteiger partial charge in [0.1, 0.15) is 0 Å². The monoisotopic (exact) mass is 510 g/mol. The van der Waals surface area contributed by atoms with Gasteiger partial charge in [-0.25, -0.2) is 0 Å². The summed E-state index contributed by atoms with van der Waals surface area (Å²) in [6, 6.07) is 17.0. The molecule has 2 N–H and O–H groups in total. The Hall–Kier alpha value is -3.48. The molecule has 3 heterocycles. The number of hydrogen-bond donors (Lipinski definition) is 2. The number of rotatable bonds is 10. The summed E-state index contributed by atoms with van der Waals surface area (Å²) in [6.45, 7) is 8.68. The first-order chi connectivity index (χ1) is 18.6. The maximum absolute atomic E-state index is 13.2. The molecule has 0 aliphatic carbocycles. The highest BCUT2D eigenvalue weighted by molar-refractivity contribution is 6.00. The largest absolute Gasteiger partial charge is 0.378 e. The average Bonchev–Trinajstić information content (AvgIpc) is 3.30. The number of carbonyl (C=O) groups is 1. The number of H-pyrrole nitrogens is 1. The van der Waals surface area contributed by atoms with E-state index in [-0.39, 0.29) is 5.91 Å². The molecule has 38 heavy (non-hydrogen) atoms. The van der Waals surface area contributed by atoms with Crippen molar-refractivity contribution in [3.8, 4) is 11.3 Å². The number of ether oxygens (including phenoxy) is 1. The van der Waals surface area contributed by atoms with Crippen molar-refractivity contribution < 1.29 is 9.53 Å². The molecule has 4 aromatic rings. The molecule has 2 aromatic heterocycles. The first kappa shape index (κ1) is 26.1. The second-order valence-corrected chi connectivity index (χ2v) is 10.3. The molecule has 6 heteroatoms. The molecule has 0 saturated carbocycles. The average molecular weight is 511 g/mol. The van der Waals surface area contributed by atoms with E-state index in [1.54, 1.807) is 0 Å².